The summed E-state index contributed by atoms with van der Waals surface area (Å²) in [6, 6.07) is 9.41. The Labute approximate surface area is 209 Å². The molecule has 1 aliphatic carbocycles. The first-order chi connectivity index (χ1) is 17.0. The zero-order valence-corrected chi connectivity index (χ0v) is 20.9. The molecule has 2 aliphatic rings. The monoisotopic (exact) mass is 508 g/mol. The highest BCUT2D eigenvalue weighted by Gasteiger charge is 2.42. The van der Waals surface area contributed by atoms with E-state index in [0.717, 1.165) is 34.4 Å². The van der Waals surface area contributed by atoms with Crippen molar-refractivity contribution in [3.8, 4) is 5.75 Å². The van der Waals surface area contributed by atoms with Gasteiger partial charge in [-0.05, 0) is 55.9 Å². The minimum Gasteiger partial charge on any atom is -0.492 e. The fourth-order valence-corrected chi connectivity index (χ4v) is 5.33. The summed E-state index contributed by atoms with van der Waals surface area (Å²) in [7, 11) is 0. The van der Waals surface area contributed by atoms with E-state index in [1.165, 1.54) is 13.8 Å². The van der Waals surface area contributed by atoms with E-state index in [2.05, 4.69) is 5.32 Å². The number of benzene rings is 2. The van der Waals surface area contributed by atoms with Crippen LogP contribution in [0.25, 0.3) is 5.57 Å². The second-order valence-electron chi connectivity index (χ2n) is 10.3. The lowest BCUT2D eigenvalue weighted by Gasteiger charge is -2.44. The Kier molecular flexibility index (Phi) is 8.05. The van der Waals surface area contributed by atoms with Crippen LogP contribution in [0.15, 0.2) is 42.0 Å². The second-order valence-corrected chi connectivity index (χ2v) is 10.3. The van der Waals surface area contributed by atoms with Crippen molar-refractivity contribution < 1.29 is 26.7 Å². The van der Waals surface area contributed by atoms with Crippen molar-refractivity contribution in [3.63, 3.8) is 0 Å². The highest BCUT2D eigenvalue weighted by molar-refractivity contribution is 5.79. The molecule has 0 spiro atoms. The smallest absolute Gasteiger partial charge is 0.239 e. The summed E-state index contributed by atoms with van der Waals surface area (Å²) >= 11 is 0. The van der Waals surface area contributed by atoms with Crippen molar-refractivity contribution >= 4 is 5.57 Å². The van der Waals surface area contributed by atoms with E-state index in [9.17, 15) is 13.2 Å². The van der Waals surface area contributed by atoms with Gasteiger partial charge in [0, 0.05) is 49.8 Å². The van der Waals surface area contributed by atoms with Crippen molar-refractivity contribution in [3.05, 3.63) is 70.3 Å². The van der Waals surface area contributed by atoms with Gasteiger partial charge in [0.15, 0.2) is 0 Å². The molecular formula is C28H33F5N2O. The molecule has 0 bridgehead atoms. The Morgan fingerprint density at radius 2 is 1.81 bits per heavy atom. The van der Waals surface area contributed by atoms with E-state index in [1.54, 1.807) is 0 Å². The molecule has 0 unspecified atom stereocenters. The molecule has 0 fully saturated rings. The van der Waals surface area contributed by atoms with Crippen LogP contribution in [-0.4, -0.2) is 49.3 Å². The average Bonchev–Trinajstić information content (AvgIpc) is 3.14. The maximum Gasteiger partial charge on any atom is 0.239 e. The number of fused-ring (bicyclic) bond motifs is 2. The summed E-state index contributed by atoms with van der Waals surface area (Å²) in [4.78, 5) is 1.87. The van der Waals surface area contributed by atoms with Gasteiger partial charge in [-0.2, -0.15) is 0 Å². The Balaban J connectivity index is 1.62. The highest BCUT2D eigenvalue weighted by Crippen LogP contribution is 2.50. The first-order valence-electron chi connectivity index (χ1n) is 12.4. The number of nitrogens with one attached hydrogen (secondary N) is 1. The largest absolute Gasteiger partial charge is 0.492 e. The van der Waals surface area contributed by atoms with Gasteiger partial charge in [0.25, 0.3) is 0 Å². The minimum absolute atomic E-state index is 0.0227. The Morgan fingerprint density at radius 1 is 1.11 bits per heavy atom. The number of nitrogens with zero attached hydrogens (tertiary/aromatic N) is 1. The van der Waals surface area contributed by atoms with Crippen LogP contribution < -0.4 is 10.1 Å². The average molecular weight is 509 g/mol. The number of hydrogen-bond donors (Lipinski definition) is 1. The topological polar surface area (TPSA) is 24.5 Å². The summed E-state index contributed by atoms with van der Waals surface area (Å²) in [6.45, 7) is 5.43. The number of ether oxygens (including phenoxy) is 1. The van der Waals surface area contributed by atoms with Crippen LogP contribution in [0.1, 0.15) is 56.3 Å². The van der Waals surface area contributed by atoms with Crippen molar-refractivity contribution in [2.24, 2.45) is 0 Å². The van der Waals surface area contributed by atoms with E-state index < -0.39 is 29.8 Å². The molecule has 196 valence electrons. The van der Waals surface area contributed by atoms with Crippen LogP contribution in [0, 0.1) is 11.6 Å². The lowest BCUT2D eigenvalue weighted by molar-refractivity contribution is 0.0676. The van der Waals surface area contributed by atoms with Gasteiger partial charge in [-0.1, -0.05) is 24.3 Å². The summed E-state index contributed by atoms with van der Waals surface area (Å²) in [5.41, 5.74) is 2.56. The first kappa shape index (κ1) is 26.6. The summed E-state index contributed by atoms with van der Waals surface area (Å²) in [5.74, 6) is -1.48. The van der Waals surface area contributed by atoms with Gasteiger partial charge in [0.1, 0.15) is 29.7 Å². The normalized spacial score (nSPS) is 20.1. The molecule has 1 heterocycles. The lowest BCUT2D eigenvalue weighted by atomic mass is 9.84. The molecule has 1 N–H and O–H groups in total. The summed E-state index contributed by atoms with van der Waals surface area (Å²) in [5, 5.41) is 2.80. The quantitative estimate of drug-likeness (QED) is 0.294. The van der Waals surface area contributed by atoms with Crippen molar-refractivity contribution in [1.82, 2.24) is 10.2 Å². The molecule has 0 aromatic heterocycles. The van der Waals surface area contributed by atoms with Gasteiger partial charge in [-0.3, -0.25) is 4.90 Å². The number of hydrogen-bond acceptors (Lipinski definition) is 3. The van der Waals surface area contributed by atoms with Gasteiger partial charge in [-0.25, -0.2) is 22.0 Å². The maximum absolute atomic E-state index is 15.6. The number of halogens is 5. The van der Waals surface area contributed by atoms with Gasteiger partial charge < -0.3 is 10.1 Å². The molecule has 0 radical (unpaired) electrons. The van der Waals surface area contributed by atoms with Crippen molar-refractivity contribution in [1.29, 1.82) is 0 Å². The van der Waals surface area contributed by atoms with Crippen molar-refractivity contribution in [2.75, 3.05) is 26.2 Å². The Bertz CT molecular complexity index is 1090. The standard InChI is InChI=1S/C28H33F5N2O/c1-17-12-21-20-7-5-4-6-18(20)13-22(21)27(35(17)16-28(2,3)33)26-23(29)14-19(15-24(26)30)36-11-10-34-9-8-25(31)32/h4-7,14-15,17,25,27,34H,8-13,16H2,1-3H3/t17-,27+/m1/s1. The number of rotatable bonds is 10. The van der Waals surface area contributed by atoms with Crippen LogP contribution in [-0.2, 0) is 6.42 Å². The third-order valence-electron chi connectivity index (χ3n) is 6.81. The van der Waals surface area contributed by atoms with E-state index >= 15 is 8.78 Å². The third-order valence-corrected chi connectivity index (χ3v) is 6.81. The molecule has 2 aromatic rings. The SMILES string of the molecule is C[C@@H]1CC2=C(Cc3ccccc32)[C@@H](c2c(F)cc(OCCNCCC(F)F)cc2F)N1CC(C)(C)F. The van der Waals surface area contributed by atoms with Crippen LogP contribution in [0.4, 0.5) is 22.0 Å². The molecule has 3 nitrogen and oxygen atoms in total. The first-order valence-corrected chi connectivity index (χ1v) is 12.4. The fourth-order valence-electron chi connectivity index (χ4n) is 5.33. The molecule has 4 rings (SSSR count). The molecule has 2 aromatic carbocycles. The molecule has 2 atom stereocenters. The van der Waals surface area contributed by atoms with E-state index in [-0.39, 0.29) is 50.0 Å². The van der Waals surface area contributed by atoms with Crippen LogP contribution >= 0.6 is 0 Å². The van der Waals surface area contributed by atoms with Crippen LogP contribution in [0.5, 0.6) is 5.75 Å². The van der Waals surface area contributed by atoms with Crippen LogP contribution in [0.2, 0.25) is 0 Å². The zero-order chi connectivity index (χ0) is 26.0. The Morgan fingerprint density at radius 3 is 2.47 bits per heavy atom. The molecule has 0 saturated heterocycles. The molecule has 1 aliphatic heterocycles. The molecular weight excluding hydrogens is 475 g/mol. The van der Waals surface area contributed by atoms with Gasteiger partial charge in [-0.15, -0.1) is 0 Å². The molecule has 36 heavy (non-hydrogen) atoms. The van der Waals surface area contributed by atoms with Gasteiger partial charge in [0.2, 0.25) is 6.43 Å². The highest BCUT2D eigenvalue weighted by atomic mass is 19.3. The lowest BCUT2D eigenvalue weighted by Crippen LogP contribution is -2.47. The van der Waals surface area contributed by atoms with Crippen LogP contribution in [0.3, 0.4) is 0 Å². The predicted octanol–water partition coefficient (Wildman–Crippen LogP) is 6.48. The predicted molar refractivity (Wildman–Crippen MR) is 131 cm³/mol. The second kappa shape index (κ2) is 10.9. The molecule has 0 saturated carbocycles. The van der Waals surface area contributed by atoms with Gasteiger partial charge >= 0.3 is 0 Å². The zero-order valence-electron chi connectivity index (χ0n) is 20.9. The fraction of sp³-hybridized carbons (Fsp3) is 0.500. The summed E-state index contributed by atoms with van der Waals surface area (Å²) < 4.78 is 75.9. The minimum atomic E-state index is -2.39. The van der Waals surface area contributed by atoms with E-state index in [4.69, 9.17) is 4.74 Å². The third kappa shape index (κ3) is 5.92. The Hall–Kier alpha value is -2.45. The van der Waals surface area contributed by atoms with E-state index in [1.807, 2.05) is 36.1 Å². The molecule has 0 amide bonds. The van der Waals surface area contributed by atoms with Gasteiger partial charge in [0.05, 0.1) is 6.04 Å². The number of alkyl halides is 3. The van der Waals surface area contributed by atoms with E-state index in [0.29, 0.717) is 12.8 Å². The van der Waals surface area contributed by atoms with Crippen molar-refractivity contribution in [2.45, 2.75) is 64.2 Å². The summed E-state index contributed by atoms with van der Waals surface area (Å²) in [6.07, 6.45) is -1.41. The molecule has 8 heteroatoms. The maximum atomic E-state index is 15.6.